The van der Waals surface area contributed by atoms with Crippen molar-refractivity contribution in [2.75, 3.05) is 64.2 Å². The highest BCUT2D eigenvalue weighted by Crippen LogP contribution is 2.25. The van der Waals surface area contributed by atoms with E-state index in [1.165, 1.54) is 19.8 Å². The lowest BCUT2D eigenvalue weighted by Gasteiger charge is -2.32. The molecular weight excluding hydrogens is 651 g/mol. The Morgan fingerprint density at radius 1 is 0.745 bits per heavy atom. The number of piperidine rings is 2. The Labute approximate surface area is 287 Å². The van der Waals surface area contributed by atoms with Crippen molar-refractivity contribution in [2.24, 2.45) is 0 Å². The van der Waals surface area contributed by atoms with Crippen molar-refractivity contribution < 1.29 is 18.9 Å². The third-order valence-corrected chi connectivity index (χ3v) is 7.47. The number of H-pyrrole nitrogens is 2. The number of aromatic amines is 2. The average molecular weight is 700 g/mol. The number of halogens is 2. The molecule has 0 spiro atoms. The summed E-state index contributed by atoms with van der Waals surface area (Å²) in [6.45, 7) is 10.0. The van der Waals surface area contributed by atoms with E-state index in [0.29, 0.717) is 48.7 Å². The first-order chi connectivity index (χ1) is 21.9. The molecule has 16 heteroatoms. The first-order valence-corrected chi connectivity index (χ1v) is 15.5. The minimum absolute atomic E-state index is 0. The van der Waals surface area contributed by atoms with Crippen LogP contribution in [0.1, 0.15) is 45.1 Å². The summed E-state index contributed by atoms with van der Waals surface area (Å²) >= 11 is 0. The van der Waals surface area contributed by atoms with E-state index >= 15 is 0 Å². The molecule has 5 rings (SSSR count). The van der Waals surface area contributed by atoms with E-state index < -0.39 is 11.4 Å². The van der Waals surface area contributed by atoms with Crippen molar-refractivity contribution in [1.82, 2.24) is 30.2 Å². The highest BCUT2D eigenvalue weighted by atomic mass is 35.5. The van der Waals surface area contributed by atoms with Gasteiger partial charge >= 0.3 is 11.4 Å². The third-order valence-electron chi connectivity index (χ3n) is 7.47. The number of methoxy groups -OCH3 is 2. The Bertz CT molecular complexity index is 1440. The van der Waals surface area contributed by atoms with E-state index in [1.807, 2.05) is 19.9 Å². The number of rotatable bonds is 12. The predicted molar refractivity (Wildman–Crippen MR) is 188 cm³/mol. The van der Waals surface area contributed by atoms with Gasteiger partial charge in [0.1, 0.15) is 23.1 Å². The summed E-state index contributed by atoms with van der Waals surface area (Å²) in [6, 6.07) is 10.2. The predicted octanol–water partition coefficient (Wildman–Crippen LogP) is 3.44. The average Bonchev–Trinajstić information content (AvgIpc) is 3.02. The lowest BCUT2D eigenvalue weighted by molar-refractivity contribution is 0.210. The standard InChI is InChI=1S/C21H30N4O4.C10H16N4O2.2ClH/c1-4-28-17-10-15(11-18(12-17)29-5-2)14-25-8-6-16(7-9-25)22-19-13-20(27-3)24-21(26)23-19;1-16-9-6-8(13-10(15)14-9)12-7-2-4-11-5-3-7;;/h10-13,16H,4-9,14H2,1-3H3,(H2,22,23,24,26);6-7,11H,2-5H2,1H3,(H2,12,13,14,15);2*1H. The summed E-state index contributed by atoms with van der Waals surface area (Å²) in [4.78, 5) is 38.0. The molecular formula is C31H48Cl2N8O6. The van der Waals surface area contributed by atoms with Gasteiger partial charge in [0.25, 0.3) is 0 Å². The van der Waals surface area contributed by atoms with Crippen molar-refractivity contribution in [3.05, 3.63) is 56.9 Å². The molecule has 3 aromatic rings. The Hall–Kier alpha value is -3.72. The number of aromatic nitrogens is 4. The molecule has 47 heavy (non-hydrogen) atoms. The minimum atomic E-state index is -0.413. The molecule has 0 saturated carbocycles. The second kappa shape index (κ2) is 20.5. The van der Waals surface area contributed by atoms with Gasteiger partial charge in [-0.25, -0.2) is 9.59 Å². The van der Waals surface area contributed by atoms with Gasteiger partial charge in [0.05, 0.1) is 27.4 Å². The molecule has 2 aliphatic heterocycles. The zero-order valence-corrected chi connectivity index (χ0v) is 29.1. The number of nitrogens with one attached hydrogen (secondary N) is 5. The molecule has 2 aromatic heterocycles. The van der Waals surface area contributed by atoms with E-state index in [2.05, 4.69) is 52.9 Å². The summed E-state index contributed by atoms with van der Waals surface area (Å²) in [6.07, 6.45) is 4.06. The molecule has 5 N–H and O–H groups in total. The van der Waals surface area contributed by atoms with Gasteiger partial charge < -0.3 is 34.9 Å². The van der Waals surface area contributed by atoms with Gasteiger partial charge in [-0.1, -0.05) is 0 Å². The van der Waals surface area contributed by atoms with Crippen LogP contribution >= 0.6 is 24.8 Å². The van der Waals surface area contributed by atoms with Gasteiger partial charge in [-0.05, 0) is 70.3 Å². The number of nitrogens with zero attached hydrogens (tertiary/aromatic N) is 3. The second-order valence-electron chi connectivity index (χ2n) is 10.8. The molecule has 262 valence electrons. The van der Waals surface area contributed by atoms with Crippen LogP contribution in [-0.4, -0.2) is 90.5 Å². The summed E-state index contributed by atoms with van der Waals surface area (Å²) in [5.74, 6) is 3.66. The van der Waals surface area contributed by atoms with Crippen LogP contribution in [0.4, 0.5) is 11.6 Å². The largest absolute Gasteiger partial charge is 0.494 e. The van der Waals surface area contributed by atoms with Crippen LogP contribution in [-0.2, 0) is 6.54 Å². The van der Waals surface area contributed by atoms with Crippen LogP contribution in [0.5, 0.6) is 23.3 Å². The first-order valence-electron chi connectivity index (χ1n) is 15.5. The molecule has 0 amide bonds. The Balaban J connectivity index is 0.000000363. The van der Waals surface area contributed by atoms with Crippen LogP contribution in [0, 0.1) is 0 Å². The zero-order chi connectivity index (χ0) is 32.0. The first kappa shape index (κ1) is 39.5. The fourth-order valence-electron chi connectivity index (χ4n) is 5.36. The van der Waals surface area contributed by atoms with Gasteiger partial charge in [-0.3, -0.25) is 14.9 Å². The summed E-state index contributed by atoms with van der Waals surface area (Å²) in [5.41, 5.74) is 0.383. The van der Waals surface area contributed by atoms with Crippen LogP contribution in [0.15, 0.2) is 39.9 Å². The van der Waals surface area contributed by atoms with Gasteiger partial charge in [0.2, 0.25) is 11.8 Å². The molecule has 2 aliphatic rings. The van der Waals surface area contributed by atoms with Crippen molar-refractivity contribution in [3.8, 4) is 23.3 Å². The maximum absolute atomic E-state index is 11.6. The van der Waals surface area contributed by atoms with E-state index in [4.69, 9.17) is 18.9 Å². The fourth-order valence-corrected chi connectivity index (χ4v) is 5.36. The molecule has 2 saturated heterocycles. The normalized spacial score (nSPS) is 15.1. The molecule has 4 heterocycles. The van der Waals surface area contributed by atoms with Crippen molar-refractivity contribution in [3.63, 3.8) is 0 Å². The number of likely N-dealkylation sites (tertiary alicyclic amines) is 1. The Kier molecular flexibility index (Phi) is 17.2. The SMILES string of the molecule is CCOc1cc(CN2CCC(Nc3cc(OC)nc(=O)[nH]3)CC2)cc(OCC)c1.COc1cc(NC2CCNCC2)[nH]c(=O)n1.Cl.Cl. The van der Waals surface area contributed by atoms with Gasteiger partial charge in [0.15, 0.2) is 0 Å². The van der Waals surface area contributed by atoms with E-state index in [-0.39, 0.29) is 24.8 Å². The van der Waals surface area contributed by atoms with Gasteiger partial charge in [0, 0.05) is 49.9 Å². The van der Waals surface area contributed by atoms with Crippen molar-refractivity contribution >= 4 is 36.4 Å². The minimum Gasteiger partial charge on any atom is -0.494 e. The Morgan fingerprint density at radius 2 is 1.21 bits per heavy atom. The molecule has 0 unspecified atom stereocenters. The van der Waals surface area contributed by atoms with E-state index in [0.717, 1.165) is 69.9 Å². The van der Waals surface area contributed by atoms with Crippen LogP contribution in [0.2, 0.25) is 0 Å². The van der Waals surface area contributed by atoms with E-state index in [9.17, 15) is 9.59 Å². The lowest BCUT2D eigenvalue weighted by atomic mass is 10.0. The van der Waals surface area contributed by atoms with Crippen molar-refractivity contribution in [2.45, 2.75) is 58.2 Å². The monoisotopic (exact) mass is 698 g/mol. The topological polar surface area (TPSA) is 168 Å². The molecule has 0 aliphatic carbocycles. The maximum atomic E-state index is 11.6. The number of anilines is 2. The van der Waals surface area contributed by atoms with E-state index in [1.54, 1.807) is 12.1 Å². The zero-order valence-electron chi connectivity index (χ0n) is 27.4. The maximum Gasteiger partial charge on any atom is 0.349 e. The molecule has 0 radical (unpaired) electrons. The molecule has 0 atom stereocenters. The number of hydrogen-bond acceptors (Lipinski definition) is 12. The molecule has 2 fully saturated rings. The number of benzene rings is 1. The van der Waals surface area contributed by atoms with Crippen LogP contribution in [0.3, 0.4) is 0 Å². The van der Waals surface area contributed by atoms with Crippen molar-refractivity contribution in [1.29, 1.82) is 0 Å². The highest BCUT2D eigenvalue weighted by molar-refractivity contribution is 5.85. The van der Waals surface area contributed by atoms with Crippen LogP contribution in [0.25, 0.3) is 0 Å². The molecule has 14 nitrogen and oxygen atoms in total. The van der Waals surface area contributed by atoms with Gasteiger partial charge in [-0.15, -0.1) is 24.8 Å². The molecule has 0 bridgehead atoms. The number of hydrogen-bond donors (Lipinski definition) is 5. The third kappa shape index (κ3) is 13.1. The summed E-state index contributed by atoms with van der Waals surface area (Å²) in [5, 5.41) is 9.96. The quantitative estimate of drug-likeness (QED) is 0.187. The smallest absolute Gasteiger partial charge is 0.349 e. The Morgan fingerprint density at radius 3 is 1.66 bits per heavy atom. The lowest BCUT2D eigenvalue weighted by Crippen LogP contribution is -2.39. The number of ether oxygens (including phenoxy) is 4. The van der Waals surface area contributed by atoms with Gasteiger partial charge in [-0.2, -0.15) is 9.97 Å². The molecule has 1 aromatic carbocycles. The van der Waals surface area contributed by atoms with Crippen LogP contribution < -0.4 is 46.3 Å². The second-order valence-corrected chi connectivity index (χ2v) is 10.8. The fraction of sp³-hybridized carbons (Fsp3) is 0.548. The highest BCUT2D eigenvalue weighted by Gasteiger charge is 2.20. The summed E-state index contributed by atoms with van der Waals surface area (Å²) in [7, 11) is 3.00. The summed E-state index contributed by atoms with van der Waals surface area (Å²) < 4.78 is 21.4.